The first-order chi connectivity index (χ1) is 8.24. The van der Waals surface area contributed by atoms with Crippen LogP contribution in [0.5, 0.6) is 0 Å². The maximum Gasteiger partial charge on any atom is 0.326 e. The van der Waals surface area contributed by atoms with Crippen molar-refractivity contribution in [1.82, 2.24) is 10.4 Å². The molecule has 1 aromatic carbocycles. The van der Waals surface area contributed by atoms with E-state index < -0.39 is 6.03 Å². The topological polar surface area (TPSA) is 58.4 Å². The molecule has 4 nitrogen and oxygen atoms in total. The van der Waals surface area contributed by atoms with Crippen molar-refractivity contribution in [2.24, 2.45) is 11.7 Å². The van der Waals surface area contributed by atoms with Gasteiger partial charge in [0.15, 0.2) is 0 Å². The van der Waals surface area contributed by atoms with Gasteiger partial charge in [0.1, 0.15) is 0 Å². The molecule has 1 aliphatic heterocycles. The van der Waals surface area contributed by atoms with Crippen LogP contribution in [0.1, 0.15) is 18.4 Å². The fourth-order valence-electron chi connectivity index (χ4n) is 2.35. The van der Waals surface area contributed by atoms with Crippen LogP contribution in [0.2, 0.25) is 0 Å². The third-order valence-corrected chi connectivity index (χ3v) is 3.25. The molecule has 0 spiro atoms. The molecule has 1 heterocycles. The van der Waals surface area contributed by atoms with Gasteiger partial charge in [-0.2, -0.15) is 0 Å². The van der Waals surface area contributed by atoms with Crippen molar-refractivity contribution < 1.29 is 4.79 Å². The van der Waals surface area contributed by atoms with Crippen molar-refractivity contribution in [1.29, 1.82) is 0 Å². The van der Waals surface area contributed by atoms with E-state index in [2.05, 4.69) is 29.7 Å². The van der Waals surface area contributed by atoms with Gasteiger partial charge < -0.3 is 5.73 Å². The molecular formula is C13H19N3O. The molecule has 1 saturated heterocycles. The van der Waals surface area contributed by atoms with Gasteiger partial charge in [-0.05, 0) is 30.7 Å². The number of rotatable bonds is 3. The zero-order valence-corrected chi connectivity index (χ0v) is 9.93. The van der Waals surface area contributed by atoms with Crippen LogP contribution in [0.15, 0.2) is 30.3 Å². The average molecular weight is 233 g/mol. The number of piperidine rings is 1. The molecule has 1 aromatic rings. The SMILES string of the molecule is NC(=O)NN1CCC(Cc2ccccc2)CC1. The van der Waals surface area contributed by atoms with E-state index in [9.17, 15) is 4.79 Å². The lowest BCUT2D eigenvalue weighted by Crippen LogP contribution is -2.48. The van der Waals surface area contributed by atoms with Crippen molar-refractivity contribution in [2.75, 3.05) is 13.1 Å². The lowest BCUT2D eigenvalue weighted by molar-refractivity contribution is 0.134. The number of nitrogens with two attached hydrogens (primary N) is 1. The second-order valence-electron chi connectivity index (χ2n) is 4.60. The molecule has 1 aliphatic rings. The molecule has 0 saturated carbocycles. The van der Waals surface area contributed by atoms with Gasteiger partial charge in [0.05, 0.1) is 0 Å². The van der Waals surface area contributed by atoms with Gasteiger partial charge in [0.25, 0.3) is 0 Å². The highest BCUT2D eigenvalue weighted by Crippen LogP contribution is 2.20. The zero-order valence-electron chi connectivity index (χ0n) is 9.93. The number of carbonyl (C=O) groups is 1. The molecule has 92 valence electrons. The van der Waals surface area contributed by atoms with Gasteiger partial charge in [0.2, 0.25) is 0 Å². The number of hydrogen-bond donors (Lipinski definition) is 2. The van der Waals surface area contributed by atoms with E-state index in [1.54, 1.807) is 0 Å². The first kappa shape index (κ1) is 11.9. The molecule has 0 unspecified atom stereocenters. The second kappa shape index (κ2) is 5.68. The quantitative estimate of drug-likeness (QED) is 0.831. The van der Waals surface area contributed by atoms with E-state index in [-0.39, 0.29) is 0 Å². The van der Waals surface area contributed by atoms with Gasteiger partial charge in [-0.15, -0.1) is 0 Å². The lowest BCUT2D eigenvalue weighted by atomic mass is 9.91. The highest BCUT2D eigenvalue weighted by Gasteiger charge is 2.19. The Morgan fingerprint density at radius 3 is 2.53 bits per heavy atom. The molecule has 0 aliphatic carbocycles. The van der Waals surface area contributed by atoms with Crippen molar-refractivity contribution in [3.63, 3.8) is 0 Å². The smallest absolute Gasteiger partial charge is 0.326 e. The predicted molar refractivity (Wildman–Crippen MR) is 67.2 cm³/mol. The number of urea groups is 1. The molecular weight excluding hydrogens is 214 g/mol. The maximum atomic E-state index is 10.7. The number of benzene rings is 1. The van der Waals surface area contributed by atoms with Crippen LogP contribution in [-0.2, 0) is 6.42 Å². The van der Waals surface area contributed by atoms with E-state index in [4.69, 9.17) is 5.73 Å². The van der Waals surface area contributed by atoms with Gasteiger partial charge in [-0.25, -0.2) is 9.80 Å². The summed E-state index contributed by atoms with van der Waals surface area (Å²) in [6, 6.07) is 10.1. The van der Waals surface area contributed by atoms with Gasteiger partial charge in [-0.3, -0.25) is 5.43 Å². The molecule has 0 aromatic heterocycles. The minimum Gasteiger partial charge on any atom is -0.351 e. The molecule has 17 heavy (non-hydrogen) atoms. The Morgan fingerprint density at radius 2 is 1.94 bits per heavy atom. The average Bonchev–Trinajstić information content (AvgIpc) is 2.32. The van der Waals surface area contributed by atoms with Crippen LogP contribution in [0.25, 0.3) is 0 Å². The molecule has 0 radical (unpaired) electrons. The summed E-state index contributed by atoms with van der Waals surface area (Å²) >= 11 is 0. The van der Waals surface area contributed by atoms with Crippen LogP contribution in [-0.4, -0.2) is 24.1 Å². The Balaban J connectivity index is 1.78. The van der Waals surface area contributed by atoms with E-state index in [1.807, 2.05) is 11.1 Å². The highest BCUT2D eigenvalue weighted by molar-refractivity contribution is 5.70. The van der Waals surface area contributed by atoms with Crippen molar-refractivity contribution >= 4 is 6.03 Å². The number of amides is 2. The van der Waals surface area contributed by atoms with Crippen LogP contribution in [0, 0.1) is 5.92 Å². The second-order valence-corrected chi connectivity index (χ2v) is 4.60. The first-order valence-corrected chi connectivity index (χ1v) is 6.09. The van der Waals surface area contributed by atoms with Crippen molar-refractivity contribution in [2.45, 2.75) is 19.3 Å². The van der Waals surface area contributed by atoms with Crippen LogP contribution < -0.4 is 11.2 Å². The molecule has 2 amide bonds. The highest BCUT2D eigenvalue weighted by atomic mass is 16.2. The van der Waals surface area contributed by atoms with E-state index >= 15 is 0 Å². The van der Waals surface area contributed by atoms with Crippen LogP contribution in [0.3, 0.4) is 0 Å². The van der Waals surface area contributed by atoms with Crippen LogP contribution in [0.4, 0.5) is 4.79 Å². The lowest BCUT2D eigenvalue weighted by Gasteiger charge is -2.31. The summed E-state index contributed by atoms with van der Waals surface area (Å²) in [4.78, 5) is 10.7. The van der Waals surface area contributed by atoms with E-state index in [0.29, 0.717) is 5.92 Å². The molecule has 0 bridgehead atoms. The number of hydrogen-bond acceptors (Lipinski definition) is 2. The number of carbonyl (C=O) groups excluding carboxylic acids is 1. The Labute approximate surface area is 102 Å². The Morgan fingerprint density at radius 1 is 1.29 bits per heavy atom. The fourth-order valence-corrected chi connectivity index (χ4v) is 2.35. The van der Waals surface area contributed by atoms with Gasteiger partial charge >= 0.3 is 6.03 Å². The van der Waals surface area contributed by atoms with Crippen molar-refractivity contribution in [3.8, 4) is 0 Å². The molecule has 0 atom stereocenters. The monoisotopic (exact) mass is 233 g/mol. The Hall–Kier alpha value is -1.55. The molecule has 2 rings (SSSR count). The Bertz CT molecular complexity index is 358. The summed E-state index contributed by atoms with van der Waals surface area (Å²) in [6.07, 6.45) is 3.34. The molecule has 4 heteroatoms. The van der Waals surface area contributed by atoms with E-state index in [1.165, 1.54) is 5.56 Å². The maximum absolute atomic E-state index is 10.7. The third kappa shape index (κ3) is 3.75. The number of nitrogens with zero attached hydrogens (tertiary/aromatic N) is 1. The number of hydrazine groups is 1. The standard InChI is InChI=1S/C13H19N3O/c14-13(17)15-16-8-6-12(7-9-16)10-11-4-2-1-3-5-11/h1-5,12H,6-10H2,(H3,14,15,17). The van der Waals surface area contributed by atoms with Crippen molar-refractivity contribution in [3.05, 3.63) is 35.9 Å². The summed E-state index contributed by atoms with van der Waals surface area (Å²) in [5.74, 6) is 0.711. The fraction of sp³-hybridized carbons (Fsp3) is 0.462. The zero-order chi connectivity index (χ0) is 12.1. The van der Waals surface area contributed by atoms with E-state index in [0.717, 1.165) is 32.4 Å². The minimum absolute atomic E-state index is 0.466. The summed E-state index contributed by atoms with van der Waals surface area (Å²) in [6.45, 7) is 1.78. The number of nitrogens with one attached hydrogen (secondary N) is 1. The Kier molecular flexibility index (Phi) is 3.98. The largest absolute Gasteiger partial charge is 0.351 e. The van der Waals surface area contributed by atoms with Crippen LogP contribution >= 0.6 is 0 Å². The summed E-state index contributed by atoms with van der Waals surface area (Å²) in [7, 11) is 0. The number of primary amides is 1. The van der Waals surface area contributed by atoms with Gasteiger partial charge in [0, 0.05) is 13.1 Å². The summed E-state index contributed by atoms with van der Waals surface area (Å²) in [5, 5.41) is 1.91. The van der Waals surface area contributed by atoms with Gasteiger partial charge in [-0.1, -0.05) is 30.3 Å². The minimum atomic E-state index is -0.466. The summed E-state index contributed by atoms with van der Waals surface area (Å²) in [5.41, 5.74) is 9.13. The normalized spacial score (nSPS) is 17.9. The predicted octanol–water partition coefficient (Wildman–Crippen LogP) is 1.52. The summed E-state index contributed by atoms with van der Waals surface area (Å²) < 4.78 is 0. The first-order valence-electron chi connectivity index (χ1n) is 6.09. The molecule has 1 fully saturated rings. The third-order valence-electron chi connectivity index (χ3n) is 3.25. The molecule has 3 N–H and O–H groups in total.